The molecular weight excluding hydrogens is 292 g/mol. The lowest BCUT2D eigenvalue weighted by Crippen LogP contribution is -1.84. The molecule has 2 aromatic heterocycles. The van der Waals surface area contributed by atoms with Crippen molar-refractivity contribution in [3.05, 3.63) is 78.2 Å². The van der Waals surface area contributed by atoms with Crippen LogP contribution in [0.4, 0.5) is 0 Å². The van der Waals surface area contributed by atoms with E-state index in [-0.39, 0.29) is 0 Å². The topological polar surface area (TPSA) is 28.7 Å². The van der Waals surface area contributed by atoms with Crippen molar-refractivity contribution in [1.29, 1.82) is 0 Å². The first-order valence-electron chi connectivity index (χ1n) is 7.11. The van der Waals surface area contributed by atoms with Crippen molar-refractivity contribution in [3.63, 3.8) is 0 Å². The Morgan fingerprint density at radius 1 is 0.773 bits per heavy atom. The van der Waals surface area contributed by atoms with Crippen molar-refractivity contribution in [2.45, 2.75) is 0 Å². The second kappa shape index (κ2) is 5.32. The Kier molecular flexibility index (Phi) is 3.17. The molecule has 2 aromatic carbocycles. The molecule has 4 aromatic rings. The van der Waals surface area contributed by atoms with Gasteiger partial charge in [0.15, 0.2) is 0 Å². The van der Waals surface area contributed by atoms with E-state index >= 15 is 0 Å². The van der Waals surface area contributed by atoms with Gasteiger partial charge in [-0.3, -0.25) is 0 Å². The second-order valence-corrected chi connectivity index (χ2v) is 5.50. The molecule has 0 radical (unpaired) electrons. The Balaban J connectivity index is 2.01. The first-order chi connectivity index (χ1) is 10.8. The lowest BCUT2D eigenvalue weighted by molar-refractivity contribution is 1.35. The van der Waals surface area contributed by atoms with Gasteiger partial charge in [-0.05, 0) is 22.8 Å². The van der Waals surface area contributed by atoms with Crippen LogP contribution in [0, 0.1) is 0 Å². The largest absolute Gasteiger partial charge is 0.360 e. The number of benzene rings is 2. The second-order valence-electron chi connectivity index (χ2n) is 5.14. The molecule has 0 aliphatic rings. The van der Waals surface area contributed by atoms with Gasteiger partial charge in [0, 0.05) is 23.3 Å². The number of pyridine rings is 1. The zero-order valence-electron chi connectivity index (χ0n) is 11.8. The summed E-state index contributed by atoms with van der Waals surface area (Å²) in [4.78, 5) is 7.50. The van der Waals surface area contributed by atoms with Crippen molar-refractivity contribution in [1.82, 2.24) is 9.97 Å². The minimum absolute atomic E-state index is 0.525. The van der Waals surface area contributed by atoms with E-state index < -0.39 is 0 Å². The molecule has 3 heteroatoms. The van der Waals surface area contributed by atoms with E-state index in [1.54, 1.807) is 6.20 Å². The van der Waals surface area contributed by atoms with Crippen LogP contribution in [0.1, 0.15) is 0 Å². The highest BCUT2D eigenvalue weighted by atomic mass is 35.5. The molecule has 106 valence electrons. The average molecular weight is 305 g/mol. The smallest absolute Gasteiger partial charge is 0.138 e. The van der Waals surface area contributed by atoms with Crippen LogP contribution in [0.25, 0.3) is 33.2 Å². The molecule has 0 saturated carbocycles. The zero-order valence-corrected chi connectivity index (χ0v) is 12.5. The fourth-order valence-electron chi connectivity index (χ4n) is 2.83. The SMILES string of the molecule is Clc1nccc2[nH]cc(-c3ccccc3-c3ccccc3)c12. The van der Waals surface area contributed by atoms with Crippen molar-refractivity contribution in [2.75, 3.05) is 0 Å². The Labute approximate surface area is 133 Å². The average Bonchev–Trinajstić information content (AvgIpc) is 3.01. The highest BCUT2D eigenvalue weighted by Gasteiger charge is 2.13. The number of H-pyrrole nitrogens is 1. The standard InChI is InChI=1S/C19H13ClN2/c20-19-18-16(12-22-17(18)10-11-21-19)15-9-5-4-8-14(15)13-6-2-1-3-7-13/h1-12,22H. The molecule has 22 heavy (non-hydrogen) atoms. The van der Waals surface area contributed by atoms with Gasteiger partial charge in [0.25, 0.3) is 0 Å². The van der Waals surface area contributed by atoms with Crippen LogP contribution >= 0.6 is 11.6 Å². The van der Waals surface area contributed by atoms with Gasteiger partial charge in [0.2, 0.25) is 0 Å². The molecule has 1 N–H and O–H groups in total. The number of nitrogens with zero attached hydrogens (tertiary/aromatic N) is 1. The maximum atomic E-state index is 6.32. The van der Waals surface area contributed by atoms with Gasteiger partial charge in [-0.2, -0.15) is 0 Å². The fraction of sp³-hybridized carbons (Fsp3) is 0. The molecule has 2 heterocycles. The van der Waals surface area contributed by atoms with Crippen LogP contribution in [0.3, 0.4) is 0 Å². The van der Waals surface area contributed by atoms with E-state index in [2.05, 4.69) is 52.4 Å². The molecule has 2 nitrogen and oxygen atoms in total. The Hall–Kier alpha value is -2.58. The molecule has 0 aliphatic heterocycles. The molecule has 0 unspecified atom stereocenters. The first-order valence-corrected chi connectivity index (χ1v) is 7.49. The van der Waals surface area contributed by atoms with Crippen LogP contribution in [0.5, 0.6) is 0 Å². The molecule has 0 aliphatic carbocycles. The summed E-state index contributed by atoms with van der Waals surface area (Å²) < 4.78 is 0. The summed E-state index contributed by atoms with van der Waals surface area (Å²) in [5, 5.41) is 1.49. The van der Waals surface area contributed by atoms with Crippen LogP contribution in [0.2, 0.25) is 5.15 Å². The number of nitrogens with one attached hydrogen (secondary N) is 1. The highest BCUT2D eigenvalue weighted by molar-refractivity contribution is 6.35. The molecule has 0 atom stereocenters. The predicted octanol–water partition coefficient (Wildman–Crippen LogP) is 5.55. The van der Waals surface area contributed by atoms with Crippen molar-refractivity contribution in [2.24, 2.45) is 0 Å². The van der Waals surface area contributed by atoms with Gasteiger partial charge in [-0.15, -0.1) is 0 Å². The summed E-state index contributed by atoms with van der Waals surface area (Å²) in [5.41, 5.74) is 5.59. The third kappa shape index (κ3) is 2.09. The van der Waals surface area contributed by atoms with E-state index in [0.717, 1.165) is 22.0 Å². The third-order valence-corrected chi connectivity index (χ3v) is 4.13. The number of rotatable bonds is 2. The van der Waals surface area contributed by atoms with Gasteiger partial charge in [0.05, 0.1) is 5.52 Å². The van der Waals surface area contributed by atoms with Crippen LogP contribution in [-0.4, -0.2) is 9.97 Å². The quantitative estimate of drug-likeness (QED) is 0.483. The van der Waals surface area contributed by atoms with Crippen molar-refractivity contribution >= 4 is 22.5 Å². The van der Waals surface area contributed by atoms with Gasteiger partial charge >= 0.3 is 0 Å². The minimum Gasteiger partial charge on any atom is -0.360 e. The number of hydrogen-bond donors (Lipinski definition) is 1. The Morgan fingerprint density at radius 2 is 1.50 bits per heavy atom. The molecule has 0 bridgehead atoms. The van der Waals surface area contributed by atoms with Crippen LogP contribution < -0.4 is 0 Å². The van der Waals surface area contributed by atoms with E-state index in [0.29, 0.717) is 5.15 Å². The molecule has 0 fully saturated rings. The number of fused-ring (bicyclic) bond motifs is 1. The molecule has 0 saturated heterocycles. The van der Waals surface area contributed by atoms with E-state index in [1.807, 2.05) is 24.4 Å². The lowest BCUT2D eigenvalue weighted by Gasteiger charge is -2.09. The molecule has 0 spiro atoms. The van der Waals surface area contributed by atoms with Gasteiger partial charge in [-0.1, -0.05) is 66.2 Å². The monoisotopic (exact) mass is 304 g/mol. The van der Waals surface area contributed by atoms with Gasteiger partial charge in [0.1, 0.15) is 5.15 Å². The summed E-state index contributed by atoms with van der Waals surface area (Å²) in [7, 11) is 0. The minimum atomic E-state index is 0.525. The normalized spacial score (nSPS) is 11.0. The predicted molar refractivity (Wildman–Crippen MR) is 92.0 cm³/mol. The first kappa shape index (κ1) is 13.1. The van der Waals surface area contributed by atoms with Crippen LogP contribution in [0.15, 0.2) is 73.1 Å². The number of aromatic amines is 1. The summed E-state index contributed by atoms with van der Waals surface area (Å²) >= 11 is 6.32. The summed E-state index contributed by atoms with van der Waals surface area (Å²) in [5.74, 6) is 0. The van der Waals surface area contributed by atoms with Gasteiger partial charge in [-0.25, -0.2) is 4.98 Å². The van der Waals surface area contributed by atoms with Crippen molar-refractivity contribution < 1.29 is 0 Å². The Bertz CT molecular complexity index is 942. The van der Waals surface area contributed by atoms with E-state index in [4.69, 9.17) is 11.6 Å². The number of halogens is 1. The molecular formula is C19H13ClN2. The molecule has 4 rings (SSSR count). The number of aromatic nitrogens is 2. The molecule has 0 amide bonds. The highest BCUT2D eigenvalue weighted by Crippen LogP contribution is 2.37. The summed E-state index contributed by atoms with van der Waals surface area (Å²) in [6.45, 7) is 0. The maximum absolute atomic E-state index is 6.32. The van der Waals surface area contributed by atoms with E-state index in [9.17, 15) is 0 Å². The Morgan fingerprint density at radius 3 is 2.32 bits per heavy atom. The zero-order chi connectivity index (χ0) is 14.9. The van der Waals surface area contributed by atoms with Crippen molar-refractivity contribution in [3.8, 4) is 22.3 Å². The van der Waals surface area contributed by atoms with Gasteiger partial charge < -0.3 is 4.98 Å². The maximum Gasteiger partial charge on any atom is 0.138 e. The lowest BCUT2D eigenvalue weighted by atomic mass is 9.95. The summed E-state index contributed by atoms with van der Waals surface area (Å²) in [6, 6.07) is 20.7. The van der Waals surface area contributed by atoms with Crippen LogP contribution in [-0.2, 0) is 0 Å². The van der Waals surface area contributed by atoms with E-state index in [1.165, 1.54) is 11.1 Å². The third-order valence-electron chi connectivity index (χ3n) is 3.85. The fourth-order valence-corrected chi connectivity index (χ4v) is 3.09. The number of hydrogen-bond acceptors (Lipinski definition) is 1. The summed E-state index contributed by atoms with van der Waals surface area (Å²) in [6.07, 6.45) is 3.72.